The van der Waals surface area contributed by atoms with Gasteiger partial charge in [0.2, 0.25) is 0 Å². The average Bonchev–Trinajstić information content (AvgIpc) is 2.80. The Morgan fingerprint density at radius 2 is 2.00 bits per heavy atom. The number of carbonyl (C=O) groups excluding carboxylic acids is 1. The van der Waals surface area contributed by atoms with Gasteiger partial charge >= 0.3 is 0 Å². The molecule has 1 atom stereocenters. The number of rotatable bonds is 2. The maximum atomic E-state index is 12.8. The van der Waals surface area contributed by atoms with Crippen LogP contribution in [0.15, 0.2) is 36.8 Å². The molecule has 1 fully saturated rings. The van der Waals surface area contributed by atoms with Crippen LogP contribution in [0.3, 0.4) is 0 Å². The standard InChI is InChI=1S/C16H20N4O/c1-19-12-8-14(18-19)15-5-3-2-4-11-20(15)16(21)13-6-9-17-10-7-13/h6-10,12,15H,2-5,11H2,1H3. The average molecular weight is 284 g/mol. The quantitative estimate of drug-likeness (QED) is 0.851. The van der Waals surface area contributed by atoms with E-state index in [-0.39, 0.29) is 11.9 Å². The zero-order valence-electron chi connectivity index (χ0n) is 12.3. The lowest BCUT2D eigenvalue weighted by molar-refractivity contribution is 0.0676. The summed E-state index contributed by atoms with van der Waals surface area (Å²) in [6.07, 6.45) is 9.62. The summed E-state index contributed by atoms with van der Waals surface area (Å²) in [4.78, 5) is 18.8. The number of carbonyl (C=O) groups is 1. The molecular weight excluding hydrogens is 264 g/mol. The van der Waals surface area contributed by atoms with Crippen molar-refractivity contribution in [3.8, 4) is 0 Å². The van der Waals surface area contributed by atoms with Crippen LogP contribution in [0.25, 0.3) is 0 Å². The highest BCUT2D eigenvalue weighted by atomic mass is 16.2. The fraction of sp³-hybridized carbons (Fsp3) is 0.438. The molecule has 3 rings (SSSR count). The van der Waals surface area contributed by atoms with Crippen molar-refractivity contribution in [3.05, 3.63) is 48.0 Å². The van der Waals surface area contributed by atoms with Gasteiger partial charge in [-0.15, -0.1) is 0 Å². The van der Waals surface area contributed by atoms with E-state index in [1.54, 1.807) is 29.2 Å². The van der Waals surface area contributed by atoms with Gasteiger partial charge in [-0.1, -0.05) is 12.8 Å². The Kier molecular flexibility index (Phi) is 3.99. The number of aryl methyl sites for hydroxylation is 1. The Bertz CT molecular complexity index is 608. The normalized spacial score (nSPS) is 19.3. The summed E-state index contributed by atoms with van der Waals surface area (Å²) in [5, 5.41) is 4.51. The van der Waals surface area contributed by atoms with E-state index in [0.29, 0.717) is 5.56 Å². The van der Waals surface area contributed by atoms with Gasteiger partial charge in [-0.25, -0.2) is 0 Å². The molecule has 1 amide bonds. The zero-order chi connectivity index (χ0) is 14.7. The van der Waals surface area contributed by atoms with Crippen molar-refractivity contribution in [2.75, 3.05) is 6.54 Å². The van der Waals surface area contributed by atoms with Gasteiger partial charge in [0.25, 0.3) is 5.91 Å². The lowest BCUT2D eigenvalue weighted by Crippen LogP contribution is -2.35. The van der Waals surface area contributed by atoms with Crippen molar-refractivity contribution in [3.63, 3.8) is 0 Å². The van der Waals surface area contributed by atoms with Crippen LogP contribution < -0.4 is 0 Å². The highest BCUT2D eigenvalue weighted by molar-refractivity contribution is 5.94. The van der Waals surface area contributed by atoms with Crippen molar-refractivity contribution in [1.82, 2.24) is 19.7 Å². The first kappa shape index (κ1) is 13.8. The molecule has 110 valence electrons. The number of nitrogens with zero attached hydrogens (tertiary/aromatic N) is 4. The number of hydrogen-bond acceptors (Lipinski definition) is 3. The third-order valence-electron chi connectivity index (χ3n) is 4.02. The summed E-state index contributed by atoms with van der Waals surface area (Å²) >= 11 is 0. The molecule has 3 heterocycles. The molecule has 1 saturated heterocycles. The Labute approximate surface area is 124 Å². The largest absolute Gasteiger partial charge is 0.330 e. The second kappa shape index (κ2) is 6.08. The van der Waals surface area contributed by atoms with Crippen molar-refractivity contribution in [2.24, 2.45) is 7.05 Å². The molecule has 0 aliphatic carbocycles. The zero-order valence-corrected chi connectivity index (χ0v) is 12.3. The minimum absolute atomic E-state index is 0.0781. The molecule has 0 N–H and O–H groups in total. The van der Waals surface area contributed by atoms with Gasteiger partial charge in [-0.2, -0.15) is 5.10 Å². The lowest BCUT2D eigenvalue weighted by atomic mass is 10.1. The van der Waals surface area contributed by atoms with E-state index < -0.39 is 0 Å². The molecule has 0 aromatic carbocycles. The van der Waals surface area contributed by atoms with Crippen molar-refractivity contribution < 1.29 is 4.79 Å². The van der Waals surface area contributed by atoms with Crippen LogP contribution in [0.5, 0.6) is 0 Å². The van der Waals surface area contributed by atoms with Crippen LogP contribution in [0, 0.1) is 0 Å². The van der Waals surface area contributed by atoms with E-state index in [2.05, 4.69) is 10.1 Å². The lowest BCUT2D eigenvalue weighted by Gasteiger charge is -2.29. The number of likely N-dealkylation sites (tertiary alicyclic amines) is 1. The Balaban J connectivity index is 1.90. The first-order valence-electron chi connectivity index (χ1n) is 7.46. The summed E-state index contributed by atoms with van der Waals surface area (Å²) in [6, 6.07) is 5.66. The van der Waals surface area contributed by atoms with Crippen LogP contribution in [0.1, 0.15) is 47.8 Å². The molecule has 0 radical (unpaired) electrons. The summed E-state index contributed by atoms with van der Waals surface area (Å²) in [5.41, 5.74) is 1.69. The van der Waals surface area contributed by atoms with Crippen molar-refractivity contribution in [1.29, 1.82) is 0 Å². The van der Waals surface area contributed by atoms with Crippen LogP contribution >= 0.6 is 0 Å². The number of amides is 1. The molecule has 1 aliphatic rings. The maximum Gasteiger partial charge on any atom is 0.254 e. The smallest absolute Gasteiger partial charge is 0.254 e. The van der Waals surface area contributed by atoms with E-state index >= 15 is 0 Å². The van der Waals surface area contributed by atoms with Crippen molar-refractivity contribution >= 4 is 5.91 Å². The van der Waals surface area contributed by atoms with Gasteiger partial charge in [-0.05, 0) is 31.0 Å². The first-order chi connectivity index (χ1) is 10.3. The third kappa shape index (κ3) is 2.96. The molecule has 0 saturated carbocycles. The maximum absolute atomic E-state index is 12.8. The van der Waals surface area contributed by atoms with Crippen LogP contribution in [-0.4, -0.2) is 32.1 Å². The van der Waals surface area contributed by atoms with E-state index in [0.717, 1.165) is 31.5 Å². The molecule has 5 nitrogen and oxygen atoms in total. The SMILES string of the molecule is Cn1ccc(C2CCCCCN2C(=O)c2ccncc2)n1. The van der Waals surface area contributed by atoms with E-state index in [4.69, 9.17) is 0 Å². The molecule has 21 heavy (non-hydrogen) atoms. The molecule has 5 heteroatoms. The highest BCUT2D eigenvalue weighted by Gasteiger charge is 2.28. The second-order valence-corrected chi connectivity index (χ2v) is 5.51. The van der Waals surface area contributed by atoms with Gasteiger partial charge in [0, 0.05) is 37.7 Å². The van der Waals surface area contributed by atoms with Crippen LogP contribution in [0.2, 0.25) is 0 Å². The van der Waals surface area contributed by atoms with Gasteiger partial charge < -0.3 is 4.90 Å². The fourth-order valence-electron chi connectivity index (χ4n) is 2.93. The monoisotopic (exact) mass is 284 g/mol. The second-order valence-electron chi connectivity index (χ2n) is 5.51. The van der Waals surface area contributed by atoms with Crippen LogP contribution in [0.4, 0.5) is 0 Å². The highest BCUT2D eigenvalue weighted by Crippen LogP contribution is 2.30. The topological polar surface area (TPSA) is 51.0 Å². The van der Waals surface area contributed by atoms with Crippen LogP contribution in [-0.2, 0) is 7.05 Å². The minimum Gasteiger partial charge on any atom is -0.330 e. The number of pyridine rings is 1. The number of aromatic nitrogens is 3. The molecule has 2 aromatic rings. The summed E-state index contributed by atoms with van der Waals surface area (Å²) in [5.74, 6) is 0.0787. The van der Waals surface area contributed by atoms with E-state index in [9.17, 15) is 4.79 Å². The molecular formula is C16H20N4O. The minimum atomic E-state index is 0.0781. The Hall–Kier alpha value is -2.17. The predicted octanol–water partition coefficient (Wildman–Crippen LogP) is 2.57. The molecule has 0 bridgehead atoms. The molecule has 2 aromatic heterocycles. The van der Waals surface area contributed by atoms with E-state index in [1.165, 1.54) is 6.42 Å². The van der Waals surface area contributed by atoms with E-state index in [1.807, 2.05) is 24.2 Å². The predicted molar refractivity (Wildman–Crippen MR) is 79.7 cm³/mol. The molecule has 1 aliphatic heterocycles. The fourth-order valence-corrected chi connectivity index (χ4v) is 2.93. The third-order valence-corrected chi connectivity index (χ3v) is 4.02. The summed E-state index contributed by atoms with van der Waals surface area (Å²) in [6.45, 7) is 0.794. The first-order valence-corrected chi connectivity index (χ1v) is 7.46. The van der Waals surface area contributed by atoms with Gasteiger partial charge in [0.05, 0.1) is 11.7 Å². The van der Waals surface area contributed by atoms with Gasteiger partial charge in [0.15, 0.2) is 0 Å². The molecule has 0 spiro atoms. The Morgan fingerprint density at radius 1 is 1.19 bits per heavy atom. The summed E-state index contributed by atoms with van der Waals surface area (Å²) < 4.78 is 1.80. The molecule has 1 unspecified atom stereocenters. The summed E-state index contributed by atoms with van der Waals surface area (Å²) in [7, 11) is 1.91. The van der Waals surface area contributed by atoms with Gasteiger partial charge in [-0.3, -0.25) is 14.5 Å². The van der Waals surface area contributed by atoms with Gasteiger partial charge in [0.1, 0.15) is 0 Å². The number of hydrogen-bond donors (Lipinski definition) is 0. The Morgan fingerprint density at radius 3 is 2.71 bits per heavy atom. The van der Waals surface area contributed by atoms with Crippen molar-refractivity contribution in [2.45, 2.75) is 31.7 Å².